The molecule has 0 radical (unpaired) electrons. The summed E-state index contributed by atoms with van der Waals surface area (Å²) < 4.78 is 10.8. The Balaban J connectivity index is 1.80. The highest BCUT2D eigenvalue weighted by molar-refractivity contribution is 7.10. The van der Waals surface area contributed by atoms with Crippen molar-refractivity contribution in [2.24, 2.45) is 5.92 Å². The lowest BCUT2D eigenvalue weighted by molar-refractivity contribution is -0.132. The highest BCUT2D eigenvalue weighted by atomic mass is 35.5. The van der Waals surface area contributed by atoms with Gasteiger partial charge in [0.1, 0.15) is 6.54 Å². The number of anilines is 1. The number of rotatable bonds is 12. The van der Waals surface area contributed by atoms with Gasteiger partial charge in [-0.25, -0.2) is 4.79 Å². The van der Waals surface area contributed by atoms with Gasteiger partial charge in [-0.3, -0.25) is 4.79 Å². The van der Waals surface area contributed by atoms with Crippen LogP contribution >= 0.6 is 34.5 Å². The first-order valence-electron chi connectivity index (χ1n) is 12.6. The molecule has 0 saturated heterocycles. The Kier molecular flexibility index (Phi) is 11.3. The van der Waals surface area contributed by atoms with E-state index in [1.807, 2.05) is 50.4 Å². The number of nitrogens with one attached hydrogen (secondary N) is 1. The van der Waals surface area contributed by atoms with Crippen LogP contribution in [0.25, 0.3) is 0 Å². The molecule has 0 unspecified atom stereocenters. The molecule has 0 atom stereocenters. The summed E-state index contributed by atoms with van der Waals surface area (Å²) in [6.07, 6.45) is 0.613. The Morgan fingerprint density at radius 2 is 1.69 bits per heavy atom. The quantitative estimate of drug-likeness (QED) is 0.243. The van der Waals surface area contributed by atoms with Crippen LogP contribution in [0.4, 0.5) is 10.5 Å². The van der Waals surface area contributed by atoms with Crippen molar-refractivity contribution in [1.82, 2.24) is 9.80 Å². The van der Waals surface area contributed by atoms with Crippen LogP contribution in [0.5, 0.6) is 11.5 Å². The fourth-order valence-electron chi connectivity index (χ4n) is 4.06. The van der Waals surface area contributed by atoms with Crippen molar-refractivity contribution in [3.05, 3.63) is 73.9 Å². The van der Waals surface area contributed by atoms with E-state index < -0.39 is 6.03 Å². The lowest BCUT2D eigenvalue weighted by Gasteiger charge is -2.29. The van der Waals surface area contributed by atoms with Crippen LogP contribution in [0.2, 0.25) is 10.0 Å². The number of ether oxygens (including phenoxy) is 2. The minimum Gasteiger partial charge on any atom is -0.493 e. The molecule has 39 heavy (non-hydrogen) atoms. The van der Waals surface area contributed by atoms with Crippen molar-refractivity contribution < 1.29 is 19.1 Å². The smallest absolute Gasteiger partial charge is 0.322 e. The summed E-state index contributed by atoms with van der Waals surface area (Å²) in [5.74, 6) is 1.28. The second kappa shape index (κ2) is 14.4. The van der Waals surface area contributed by atoms with Gasteiger partial charge in [0.05, 0.1) is 36.5 Å². The molecule has 210 valence electrons. The van der Waals surface area contributed by atoms with Gasteiger partial charge in [0.2, 0.25) is 5.91 Å². The molecular weight excluding hydrogens is 557 g/mol. The molecule has 1 N–H and O–H groups in total. The highest BCUT2D eigenvalue weighted by Crippen LogP contribution is 2.30. The van der Waals surface area contributed by atoms with Crippen molar-refractivity contribution in [1.29, 1.82) is 0 Å². The van der Waals surface area contributed by atoms with E-state index in [0.29, 0.717) is 53.3 Å². The molecule has 3 aromatic rings. The number of thiophene rings is 1. The van der Waals surface area contributed by atoms with Crippen LogP contribution in [0.15, 0.2) is 47.8 Å². The molecule has 3 amide bonds. The molecule has 1 heterocycles. The Labute approximate surface area is 244 Å². The zero-order chi connectivity index (χ0) is 28.5. The molecule has 0 aliphatic rings. The standard InChI is InChI=1S/C29H35Cl2N3O4S/c1-19(2)16-34(29(36)32-28-22(30)7-6-8-23(28)31)18-27(35)33(17-26-20(3)12-14-39-26)13-11-21-9-10-24(37-4)25(15-21)38-5/h6-10,12,14-15,19H,11,13,16-18H2,1-5H3,(H,32,36). The fourth-order valence-corrected chi connectivity index (χ4v) is 5.47. The van der Waals surface area contributed by atoms with E-state index in [4.69, 9.17) is 32.7 Å². The summed E-state index contributed by atoms with van der Waals surface area (Å²) in [6.45, 7) is 7.27. The van der Waals surface area contributed by atoms with Crippen molar-refractivity contribution in [2.75, 3.05) is 39.2 Å². The summed E-state index contributed by atoms with van der Waals surface area (Å²) in [6, 6.07) is 12.4. The largest absolute Gasteiger partial charge is 0.493 e. The number of urea groups is 1. The monoisotopic (exact) mass is 591 g/mol. The van der Waals surface area contributed by atoms with Crippen LogP contribution in [-0.2, 0) is 17.8 Å². The summed E-state index contributed by atoms with van der Waals surface area (Å²) in [4.78, 5) is 31.4. The number of amides is 3. The number of nitrogens with zero attached hydrogens (tertiary/aromatic N) is 2. The van der Waals surface area contributed by atoms with Crippen LogP contribution in [-0.4, -0.2) is 55.6 Å². The molecule has 1 aromatic heterocycles. The summed E-state index contributed by atoms with van der Waals surface area (Å²) in [5.41, 5.74) is 2.47. The van der Waals surface area contributed by atoms with Crippen molar-refractivity contribution in [3.8, 4) is 11.5 Å². The number of methoxy groups -OCH3 is 2. The molecule has 10 heteroatoms. The lowest BCUT2D eigenvalue weighted by atomic mass is 10.1. The van der Waals surface area contributed by atoms with Gasteiger partial charge in [0.25, 0.3) is 0 Å². The molecule has 7 nitrogen and oxygen atoms in total. The van der Waals surface area contributed by atoms with Gasteiger partial charge in [-0.1, -0.05) is 49.2 Å². The minimum absolute atomic E-state index is 0.0809. The number of carbonyl (C=O) groups excluding carboxylic acids is 2. The number of hydrogen-bond acceptors (Lipinski definition) is 5. The third-order valence-electron chi connectivity index (χ3n) is 6.17. The third kappa shape index (κ3) is 8.52. The fraction of sp³-hybridized carbons (Fsp3) is 0.379. The zero-order valence-corrected chi connectivity index (χ0v) is 25.3. The first-order chi connectivity index (χ1) is 18.6. The van der Waals surface area contributed by atoms with Gasteiger partial charge in [0, 0.05) is 18.0 Å². The maximum absolute atomic E-state index is 13.7. The van der Waals surface area contributed by atoms with Crippen LogP contribution in [0.1, 0.15) is 29.9 Å². The zero-order valence-electron chi connectivity index (χ0n) is 22.9. The topological polar surface area (TPSA) is 71.1 Å². The van der Waals surface area contributed by atoms with Gasteiger partial charge in [-0.05, 0) is 66.1 Å². The Morgan fingerprint density at radius 3 is 2.28 bits per heavy atom. The second-order valence-corrected chi connectivity index (χ2v) is 11.4. The minimum atomic E-state index is -0.431. The van der Waals surface area contributed by atoms with Gasteiger partial charge >= 0.3 is 6.03 Å². The number of benzene rings is 2. The molecule has 0 bridgehead atoms. The average Bonchev–Trinajstić information content (AvgIpc) is 3.31. The first kappa shape index (κ1) is 30.6. The van der Waals surface area contributed by atoms with Gasteiger partial charge in [-0.2, -0.15) is 0 Å². The van der Waals surface area contributed by atoms with Gasteiger partial charge < -0.3 is 24.6 Å². The number of halogens is 2. The first-order valence-corrected chi connectivity index (χ1v) is 14.3. The van der Waals surface area contributed by atoms with Crippen molar-refractivity contribution >= 4 is 52.2 Å². The lowest BCUT2D eigenvalue weighted by Crippen LogP contribution is -2.46. The Bertz CT molecular complexity index is 1260. The maximum Gasteiger partial charge on any atom is 0.322 e. The van der Waals surface area contributed by atoms with E-state index >= 15 is 0 Å². The number of hydrogen-bond donors (Lipinski definition) is 1. The average molecular weight is 593 g/mol. The molecule has 0 fully saturated rings. The predicted octanol–water partition coefficient (Wildman–Crippen LogP) is 7.14. The number of para-hydroxylation sites is 1. The molecule has 0 saturated carbocycles. The summed E-state index contributed by atoms with van der Waals surface area (Å²) in [5, 5.41) is 5.47. The highest BCUT2D eigenvalue weighted by Gasteiger charge is 2.24. The van der Waals surface area contributed by atoms with E-state index in [1.54, 1.807) is 48.7 Å². The molecule has 0 aliphatic heterocycles. The van der Waals surface area contributed by atoms with Crippen LogP contribution in [0, 0.1) is 12.8 Å². The Morgan fingerprint density at radius 1 is 1.00 bits per heavy atom. The molecule has 2 aromatic carbocycles. The summed E-state index contributed by atoms with van der Waals surface area (Å²) >= 11 is 14.1. The molecule has 0 aliphatic carbocycles. The van der Waals surface area contributed by atoms with Crippen molar-refractivity contribution in [3.63, 3.8) is 0 Å². The molecular formula is C29H35Cl2N3O4S. The van der Waals surface area contributed by atoms with Crippen LogP contribution < -0.4 is 14.8 Å². The predicted molar refractivity (Wildman–Crippen MR) is 160 cm³/mol. The van der Waals surface area contributed by atoms with Crippen molar-refractivity contribution in [2.45, 2.75) is 33.7 Å². The van der Waals surface area contributed by atoms with Gasteiger partial charge in [-0.15, -0.1) is 11.3 Å². The molecule has 3 rings (SSSR count). The number of carbonyl (C=O) groups is 2. The van der Waals surface area contributed by atoms with E-state index in [1.165, 1.54) is 4.90 Å². The van der Waals surface area contributed by atoms with E-state index in [9.17, 15) is 9.59 Å². The van der Waals surface area contributed by atoms with Gasteiger partial charge in [0.15, 0.2) is 11.5 Å². The van der Waals surface area contributed by atoms with E-state index in [0.717, 1.165) is 16.0 Å². The second-order valence-electron chi connectivity index (χ2n) is 9.58. The molecule has 0 spiro atoms. The van der Waals surface area contributed by atoms with E-state index in [-0.39, 0.29) is 18.4 Å². The maximum atomic E-state index is 13.7. The SMILES string of the molecule is COc1ccc(CCN(Cc2sccc2C)C(=O)CN(CC(C)C)C(=O)Nc2c(Cl)cccc2Cl)cc1OC. The Hall–Kier alpha value is -2.94. The summed E-state index contributed by atoms with van der Waals surface area (Å²) in [7, 11) is 3.20. The third-order valence-corrected chi connectivity index (χ3v) is 7.80. The number of aryl methyl sites for hydroxylation is 1. The van der Waals surface area contributed by atoms with E-state index in [2.05, 4.69) is 5.32 Å². The van der Waals surface area contributed by atoms with Crippen LogP contribution in [0.3, 0.4) is 0 Å². The normalized spacial score (nSPS) is 10.9.